The van der Waals surface area contributed by atoms with Crippen molar-refractivity contribution < 1.29 is 4.79 Å². The highest BCUT2D eigenvalue weighted by molar-refractivity contribution is 7.99. The average Bonchev–Trinajstić information content (AvgIpc) is 2.88. The largest absolute Gasteiger partial charge is 0.370 e. The maximum absolute atomic E-state index is 12.1. The number of carbonyl (C=O) groups is 1. The minimum atomic E-state index is -0.0728. The molecule has 2 heterocycles. The predicted molar refractivity (Wildman–Crippen MR) is 81.2 cm³/mol. The summed E-state index contributed by atoms with van der Waals surface area (Å²) in [5, 5.41) is 6.52. The number of halogens is 1. The first-order chi connectivity index (χ1) is 9.19. The second-order valence-corrected chi connectivity index (χ2v) is 6.06. The van der Waals surface area contributed by atoms with Crippen molar-refractivity contribution in [3.63, 3.8) is 0 Å². The maximum atomic E-state index is 12.1. The minimum absolute atomic E-state index is 0.0728. The van der Waals surface area contributed by atoms with E-state index in [-0.39, 0.29) is 11.9 Å². The molecule has 0 spiro atoms. The zero-order valence-electron chi connectivity index (χ0n) is 10.9. The first-order valence-corrected chi connectivity index (χ1v) is 8.02. The molecule has 2 N–H and O–H groups in total. The number of pyridine rings is 1. The minimum Gasteiger partial charge on any atom is -0.370 e. The predicted octanol–water partition coefficient (Wildman–Crippen LogP) is 2.79. The molecule has 1 aliphatic rings. The molecule has 2 rings (SSSR count). The van der Waals surface area contributed by atoms with Crippen molar-refractivity contribution in [1.82, 2.24) is 10.3 Å². The summed E-state index contributed by atoms with van der Waals surface area (Å²) in [7, 11) is 0. The third kappa shape index (κ3) is 4.28. The normalized spacial score (nSPS) is 18.3. The first-order valence-electron chi connectivity index (χ1n) is 6.49. The second kappa shape index (κ2) is 7.01. The molecule has 0 saturated carbocycles. The van der Waals surface area contributed by atoms with Crippen molar-refractivity contribution in [2.24, 2.45) is 0 Å². The molecule has 0 radical (unpaired) electrons. The highest BCUT2D eigenvalue weighted by Gasteiger charge is 2.19. The Balaban J connectivity index is 2.04. The number of hydrogen-bond donors (Lipinski definition) is 2. The first kappa shape index (κ1) is 14.5. The highest BCUT2D eigenvalue weighted by atomic mass is 35.5. The van der Waals surface area contributed by atoms with E-state index in [2.05, 4.69) is 22.5 Å². The van der Waals surface area contributed by atoms with E-state index in [1.54, 1.807) is 12.1 Å². The molecular formula is C13H18ClN3OS. The number of amides is 1. The monoisotopic (exact) mass is 299 g/mol. The molecule has 0 bridgehead atoms. The van der Waals surface area contributed by atoms with Gasteiger partial charge in [0.15, 0.2) is 0 Å². The van der Waals surface area contributed by atoms with Crippen LogP contribution in [-0.4, -0.2) is 35.0 Å². The fraction of sp³-hybridized carbons (Fsp3) is 0.538. The lowest BCUT2D eigenvalue weighted by atomic mass is 10.2. The van der Waals surface area contributed by atoms with Crippen LogP contribution in [0, 0.1) is 0 Å². The summed E-state index contributed by atoms with van der Waals surface area (Å²) in [6.07, 6.45) is 2.03. The SMILES string of the molecule is CCCNc1cc(C(=O)NC2CCSC2)cc(Cl)n1. The summed E-state index contributed by atoms with van der Waals surface area (Å²) in [5.41, 5.74) is 0.565. The zero-order valence-corrected chi connectivity index (χ0v) is 12.5. The van der Waals surface area contributed by atoms with Gasteiger partial charge in [-0.25, -0.2) is 4.98 Å². The summed E-state index contributed by atoms with van der Waals surface area (Å²) in [4.78, 5) is 16.3. The Morgan fingerprint density at radius 3 is 3.11 bits per heavy atom. The molecule has 1 aromatic rings. The van der Waals surface area contributed by atoms with Crippen molar-refractivity contribution in [3.8, 4) is 0 Å². The molecule has 1 amide bonds. The molecular weight excluding hydrogens is 282 g/mol. The van der Waals surface area contributed by atoms with Gasteiger partial charge in [-0.05, 0) is 30.7 Å². The standard InChI is InChI=1S/C13H18ClN3OS/c1-2-4-15-12-7-9(6-11(14)17-12)13(18)16-10-3-5-19-8-10/h6-7,10H,2-5,8H2,1H3,(H,15,17)(H,16,18). The van der Waals surface area contributed by atoms with Gasteiger partial charge >= 0.3 is 0 Å². The van der Waals surface area contributed by atoms with Crippen molar-refractivity contribution >= 4 is 35.1 Å². The van der Waals surface area contributed by atoms with Crippen LogP contribution in [0.1, 0.15) is 30.1 Å². The molecule has 19 heavy (non-hydrogen) atoms. The summed E-state index contributed by atoms with van der Waals surface area (Å²) in [5.74, 6) is 2.69. The fourth-order valence-electron chi connectivity index (χ4n) is 1.89. The van der Waals surface area contributed by atoms with Gasteiger partial charge in [0.1, 0.15) is 11.0 Å². The van der Waals surface area contributed by atoms with Gasteiger partial charge in [-0.3, -0.25) is 4.79 Å². The molecule has 1 aromatic heterocycles. The molecule has 0 aliphatic carbocycles. The van der Waals surface area contributed by atoms with Crippen LogP contribution in [0.3, 0.4) is 0 Å². The van der Waals surface area contributed by atoms with Crippen LogP contribution in [0.5, 0.6) is 0 Å². The van der Waals surface area contributed by atoms with E-state index < -0.39 is 0 Å². The number of thioether (sulfide) groups is 1. The van der Waals surface area contributed by atoms with Crippen molar-refractivity contribution in [2.45, 2.75) is 25.8 Å². The third-order valence-corrected chi connectivity index (χ3v) is 4.23. The van der Waals surface area contributed by atoms with E-state index >= 15 is 0 Å². The van der Waals surface area contributed by atoms with Crippen LogP contribution >= 0.6 is 23.4 Å². The maximum Gasteiger partial charge on any atom is 0.251 e. The van der Waals surface area contributed by atoms with Gasteiger partial charge in [0.05, 0.1) is 0 Å². The topological polar surface area (TPSA) is 54.0 Å². The highest BCUT2D eigenvalue weighted by Crippen LogP contribution is 2.19. The fourth-order valence-corrected chi connectivity index (χ4v) is 3.25. The lowest BCUT2D eigenvalue weighted by Gasteiger charge is -2.12. The molecule has 4 nitrogen and oxygen atoms in total. The van der Waals surface area contributed by atoms with Crippen LogP contribution in [0.2, 0.25) is 5.15 Å². The zero-order chi connectivity index (χ0) is 13.7. The number of carbonyl (C=O) groups excluding carboxylic acids is 1. The van der Waals surface area contributed by atoms with Crippen molar-refractivity contribution in [3.05, 3.63) is 22.8 Å². The van der Waals surface area contributed by atoms with E-state index in [4.69, 9.17) is 11.6 Å². The quantitative estimate of drug-likeness (QED) is 0.821. The van der Waals surface area contributed by atoms with Crippen LogP contribution in [0.15, 0.2) is 12.1 Å². The summed E-state index contributed by atoms with van der Waals surface area (Å²) in [6.45, 7) is 2.89. The van der Waals surface area contributed by atoms with Gasteiger partial charge < -0.3 is 10.6 Å². The van der Waals surface area contributed by atoms with Gasteiger partial charge in [-0.15, -0.1) is 0 Å². The van der Waals surface area contributed by atoms with Gasteiger partial charge in [0.2, 0.25) is 0 Å². The van der Waals surface area contributed by atoms with Crippen molar-refractivity contribution in [2.75, 3.05) is 23.4 Å². The van der Waals surface area contributed by atoms with E-state index in [1.807, 2.05) is 11.8 Å². The van der Waals surface area contributed by atoms with Crippen LogP contribution in [-0.2, 0) is 0 Å². The Kier molecular flexibility index (Phi) is 5.34. The summed E-state index contributed by atoms with van der Waals surface area (Å²) in [6, 6.07) is 3.63. The van der Waals surface area contributed by atoms with E-state index in [0.29, 0.717) is 16.5 Å². The van der Waals surface area contributed by atoms with Gasteiger partial charge in [0.25, 0.3) is 5.91 Å². The number of anilines is 1. The van der Waals surface area contributed by atoms with Crippen LogP contribution in [0.4, 0.5) is 5.82 Å². The van der Waals surface area contributed by atoms with Gasteiger partial charge in [-0.1, -0.05) is 18.5 Å². The molecule has 1 unspecified atom stereocenters. The molecule has 1 atom stereocenters. The molecule has 1 fully saturated rings. The Morgan fingerprint density at radius 2 is 2.42 bits per heavy atom. The summed E-state index contributed by atoms with van der Waals surface area (Å²) >= 11 is 7.83. The number of nitrogens with zero attached hydrogens (tertiary/aromatic N) is 1. The van der Waals surface area contributed by atoms with E-state index in [1.165, 1.54) is 0 Å². The Hall–Kier alpha value is -0.940. The number of hydrogen-bond acceptors (Lipinski definition) is 4. The molecule has 0 aromatic carbocycles. The number of rotatable bonds is 5. The van der Waals surface area contributed by atoms with Gasteiger partial charge in [0, 0.05) is 23.9 Å². The Bertz CT molecular complexity index is 450. The molecule has 1 aliphatic heterocycles. The smallest absolute Gasteiger partial charge is 0.251 e. The van der Waals surface area contributed by atoms with Crippen LogP contribution < -0.4 is 10.6 Å². The number of aromatic nitrogens is 1. The molecule has 1 saturated heterocycles. The summed E-state index contributed by atoms with van der Waals surface area (Å²) < 4.78 is 0. The number of nitrogens with one attached hydrogen (secondary N) is 2. The van der Waals surface area contributed by atoms with E-state index in [9.17, 15) is 4.79 Å². The molecule has 6 heteroatoms. The Morgan fingerprint density at radius 1 is 1.58 bits per heavy atom. The Labute approximate surface area is 122 Å². The lowest BCUT2D eigenvalue weighted by Crippen LogP contribution is -2.34. The molecule has 104 valence electrons. The lowest BCUT2D eigenvalue weighted by molar-refractivity contribution is 0.0941. The van der Waals surface area contributed by atoms with E-state index in [0.717, 1.165) is 30.9 Å². The second-order valence-electron chi connectivity index (χ2n) is 4.52. The van der Waals surface area contributed by atoms with Gasteiger partial charge in [-0.2, -0.15) is 11.8 Å². The van der Waals surface area contributed by atoms with Crippen molar-refractivity contribution in [1.29, 1.82) is 0 Å². The third-order valence-electron chi connectivity index (χ3n) is 2.88. The average molecular weight is 300 g/mol. The van der Waals surface area contributed by atoms with Crippen LogP contribution in [0.25, 0.3) is 0 Å².